The largest absolute Gasteiger partial charge is 0.451 e. The minimum Gasteiger partial charge on any atom is -0.451 e. The molecule has 0 unspecified atom stereocenters. The molecule has 74 valence electrons. The quantitative estimate of drug-likeness (QED) is 0.773. The van der Waals surface area contributed by atoms with Crippen LogP contribution in [0.25, 0.3) is 0 Å². The molecule has 2 aromatic rings. The standard InChI is InChI=1S/C7H8N4O2S/c12-2-6-10-11-7(14-6)8-1-5-3-13-4-9-5/h3-4,12H,1-2H2,(H,8,11). The molecule has 0 bridgehead atoms. The molecular weight excluding hydrogens is 204 g/mol. The molecule has 2 aromatic heterocycles. The molecule has 6 nitrogen and oxygen atoms in total. The highest BCUT2D eigenvalue weighted by atomic mass is 32.1. The van der Waals surface area contributed by atoms with Crippen molar-refractivity contribution < 1.29 is 9.52 Å². The first-order valence-electron chi connectivity index (χ1n) is 3.92. The lowest BCUT2D eigenvalue weighted by Crippen LogP contribution is -1.98. The van der Waals surface area contributed by atoms with Crippen LogP contribution in [0.3, 0.4) is 0 Å². The van der Waals surface area contributed by atoms with E-state index >= 15 is 0 Å². The molecule has 14 heavy (non-hydrogen) atoms. The lowest BCUT2D eigenvalue weighted by Gasteiger charge is -1.95. The van der Waals surface area contributed by atoms with E-state index in [9.17, 15) is 0 Å². The van der Waals surface area contributed by atoms with Crippen LogP contribution in [0, 0.1) is 0 Å². The van der Waals surface area contributed by atoms with Gasteiger partial charge >= 0.3 is 0 Å². The van der Waals surface area contributed by atoms with Crippen molar-refractivity contribution in [2.45, 2.75) is 13.2 Å². The van der Waals surface area contributed by atoms with Crippen LogP contribution in [0.1, 0.15) is 10.7 Å². The van der Waals surface area contributed by atoms with E-state index in [4.69, 9.17) is 9.52 Å². The minimum absolute atomic E-state index is 0.0801. The third-order valence-electron chi connectivity index (χ3n) is 1.51. The van der Waals surface area contributed by atoms with Gasteiger partial charge in [-0.2, -0.15) is 0 Å². The maximum absolute atomic E-state index is 8.76. The van der Waals surface area contributed by atoms with Gasteiger partial charge < -0.3 is 14.8 Å². The SMILES string of the molecule is OCc1nnc(NCc2cocn2)s1. The van der Waals surface area contributed by atoms with Gasteiger partial charge in [-0.05, 0) is 0 Å². The molecule has 0 aliphatic heterocycles. The van der Waals surface area contributed by atoms with Gasteiger partial charge in [-0.25, -0.2) is 4.98 Å². The van der Waals surface area contributed by atoms with Gasteiger partial charge in [0.2, 0.25) is 5.13 Å². The zero-order valence-corrected chi connectivity index (χ0v) is 7.99. The van der Waals surface area contributed by atoms with Crippen LogP contribution in [0.5, 0.6) is 0 Å². The number of rotatable bonds is 4. The monoisotopic (exact) mass is 212 g/mol. The Morgan fingerprint density at radius 2 is 2.43 bits per heavy atom. The summed E-state index contributed by atoms with van der Waals surface area (Å²) >= 11 is 1.31. The van der Waals surface area contributed by atoms with Gasteiger partial charge in [0.1, 0.15) is 11.3 Å². The molecule has 2 N–H and O–H groups in total. The van der Waals surface area contributed by atoms with Gasteiger partial charge in [0.05, 0.1) is 18.8 Å². The second-order valence-electron chi connectivity index (χ2n) is 2.49. The van der Waals surface area contributed by atoms with Crippen molar-refractivity contribution in [1.82, 2.24) is 15.2 Å². The summed E-state index contributed by atoms with van der Waals surface area (Å²) in [6.07, 6.45) is 2.93. The Morgan fingerprint density at radius 3 is 3.07 bits per heavy atom. The molecule has 0 saturated heterocycles. The van der Waals surface area contributed by atoms with Gasteiger partial charge in [-0.15, -0.1) is 10.2 Å². The summed E-state index contributed by atoms with van der Waals surface area (Å²) in [5, 5.41) is 20.6. The summed E-state index contributed by atoms with van der Waals surface area (Å²) in [4.78, 5) is 3.94. The van der Waals surface area contributed by atoms with Crippen molar-refractivity contribution >= 4 is 16.5 Å². The van der Waals surface area contributed by atoms with Crippen molar-refractivity contribution in [1.29, 1.82) is 0 Å². The summed E-state index contributed by atoms with van der Waals surface area (Å²) in [5.74, 6) is 0. The van der Waals surface area contributed by atoms with Gasteiger partial charge in [0.25, 0.3) is 0 Å². The smallest absolute Gasteiger partial charge is 0.206 e. The second-order valence-corrected chi connectivity index (χ2v) is 3.55. The molecule has 0 amide bonds. The predicted molar refractivity (Wildman–Crippen MR) is 49.7 cm³/mol. The fraction of sp³-hybridized carbons (Fsp3) is 0.286. The molecule has 0 fully saturated rings. The number of hydrogen-bond acceptors (Lipinski definition) is 7. The maximum Gasteiger partial charge on any atom is 0.206 e. The zero-order chi connectivity index (χ0) is 9.80. The third kappa shape index (κ3) is 2.06. The predicted octanol–water partition coefficient (Wildman–Crippen LogP) is 0.631. The van der Waals surface area contributed by atoms with Crippen LogP contribution in [0.2, 0.25) is 0 Å². The van der Waals surface area contributed by atoms with Gasteiger partial charge in [-0.1, -0.05) is 11.3 Å². The Balaban J connectivity index is 1.92. The van der Waals surface area contributed by atoms with Crippen molar-refractivity contribution in [3.63, 3.8) is 0 Å². The van der Waals surface area contributed by atoms with E-state index in [-0.39, 0.29) is 6.61 Å². The summed E-state index contributed by atoms with van der Waals surface area (Å²) in [5.41, 5.74) is 0.797. The molecule has 0 aliphatic carbocycles. The van der Waals surface area contributed by atoms with Crippen LogP contribution in [-0.4, -0.2) is 20.3 Å². The molecular formula is C7H8N4O2S. The summed E-state index contributed by atoms with van der Waals surface area (Å²) in [6.45, 7) is 0.458. The Labute approximate surface area is 83.6 Å². The molecule has 0 spiro atoms. The van der Waals surface area contributed by atoms with Crippen LogP contribution >= 0.6 is 11.3 Å². The van der Waals surface area contributed by atoms with Gasteiger partial charge in [0, 0.05) is 0 Å². The molecule has 0 aromatic carbocycles. The Hall–Kier alpha value is -1.47. The summed E-state index contributed by atoms with van der Waals surface area (Å²) in [6, 6.07) is 0. The highest BCUT2D eigenvalue weighted by Gasteiger charge is 2.02. The second kappa shape index (κ2) is 4.16. The maximum atomic E-state index is 8.76. The number of hydrogen-bond donors (Lipinski definition) is 2. The van der Waals surface area contributed by atoms with Gasteiger partial charge in [0.15, 0.2) is 6.39 Å². The lowest BCUT2D eigenvalue weighted by molar-refractivity contribution is 0.280. The number of nitrogens with one attached hydrogen (secondary N) is 1. The minimum atomic E-state index is -0.0801. The first-order chi connectivity index (χ1) is 6.88. The van der Waals surface area contributed by atoms with Crippen LogP contribution in [0.15, 0.2) is 17.1 Å². The Kier molecular flexibility index (Phi) is 2.70. The van der Waals surface area contributed by atoms with Crippen LogP contribution in [-0.2, 0) is 13.2 Å². The summed E-state index contributed by atoms with van der Waals surface area (Å²) in [7, 11) is 0. The number of nitrogens with zero attached hydrogens (tertiary/aromatic N) is 3. The van der Waals surface area contributed by atoms with Gasteiger partial charge in [-0.3, -0.25) is 0 Å². The number of aliphatic hydroxyl groups excluding tert-OH is 1. The highest BCUT2D eigenvalue weighted by molar-refractivity contribution is 7.15. The third-order valence-corrected chi connectivity index (χ3v) is 2.37. The fourth-order valence-corrected chi connectivity index (χ4v) is 1.48. The Morgan fingerprint density at radius 1 is 1.50 bits per heavy atom. The highest BCUT2D eigenvalue weighted by Crippen LogP contribution is 2.15. The van der Waals surface area contributed by atoms with E-state index in [0.29, 0.717) is 16.7 Å². The Bertz CT molecular complexity index is 386. The number of aliphatic hydroxyl groups is 1. The molecule has 0 atom stereocenters. The van der Waals surface area contributed by atoms with E-state index in [1.54, 1.807) is 6.26 Å². The first-order valence-corrected chi connectivity index (χ1v) is 4.74. The first kappa shape index (κ1) is 9.10. The average molecular weight is 212 g/mol. The fourth-order valence-electron chi connectivity index (χ4n) is 0.880. The van der Waals surface area contributed by atoms with E-state index in [0.717, 1.165) is 5.69 Å². The molecule has 2 heterocycles. The number of oxazole rings is 1. The van der Waals surface area contributed by atoms with Crippen molar-refractivity contribution in [2.24, 2.45) is 0 Å². The van der Waals surface area contributed by atoms with Crippen LogP contribution in [0.4, 0.5) is 5.13 Å². The van der Waals surface area contributed by atoms with Crippen molar-refractivity contribution in [3.05, 3.63) is 23.4 Å². The van der Waals surface area contributed by atoms with E-state index < -0.39 is 0 Å². The zero-order valence-electron chi connectivity index (χ0n) is 7.17. The lowest BCUT2D eigenvalue weighted by atomic mass is 10.5. The van der Waals surface area contributed by atoms with Crippen molar-refractivity contribution in [2.75, 3.05) is 5.32 Å². The normalized spacial score (nSPS) is 10.4. The number of aromatic nitrogens is 3. The molecule has 0 saturated carbocycles. The van der Waals surface area contributed by atoms with E-state index in [1.165, 1.54) is 17.7 Å². The summed E-state index contributed by atoms with van der Waals surface area (Å²) < 4.78 is 4.81. The topological polar surface area (TPSA) is 84.1 Å². The van der Waals surface area contributed by atoms with E-state index in [2.05, 4.69) is 20.5 Å². The molecule has 0 aliphatic rings. The molecule has 0 radical (unpaired) electrons. The van der Waals surface area contributed by atoms with Crippen LogP contribution < -0.4 is 5.32 Å². The number of anilines is 1. The molecule has 2 rings (SSSR count). The van der Waals surface area contributed by atoms with E-state index in [1.807, 2.05) is 0 Å². The van der Waals surface area contributed by atoms with Crippen molar-refractivity contribution in [3.8, 4) is 0 Å². The molecule has 7 heteroatoms. The average Bonchev–Trinajstić information content (AvgIpc) is 2.86.